The summed E-state index contributed by atoms with van der Waals surface area (Å²) in [4.78, 5) is 17.1. The summed E-state index contributed by atoms with van der Waals surface area (Å²) < 4.78 is 28.7. The lowest BCUT2D eigenvalue weighted by Gasteiger charge is -2.37. The van der Waals surface area contributed by atoms with E-state index in [0.717, 1.165) is 33.9 Å². The molecule has 4 aromatic rings. The van der Waals surface area contributed by atoms with Gasteiger partial charge in [0.15, 0.2) is 0 Å². The van der Waals surface area contributed by atoms with Gasteiger partial charge in [-0.1, -0.05) is 67.1 Å². The van der Waals surface area contributed by atoms with Crippen molar-refractivity contribution in [3.63, 3.8) is 0 Å². The monoisotopic (exact) mass is 518 g/mol. The molecule has 2 heterocycles. The number of benzene rings is 3. The standard InChI is InChI=1S/C29H30N2O3S2/c1-3-16-30(36(33,34)25-13-12-22-6-4-5-7-24(22)19-25)20-28(32)31-17-14-27-26(15-18-35-27)29(31)23-10-8-21(2)9-11-23/h4-13,15,18-19,29H,3,14,16-17,20H2,1-2H3. The number of thiophene rings is 1. The molecule has 3 aromatic carbocycles. The molecule has 1 unspecified atom stereocenters. The van der Waals surface area contributed by atoms with Crippen LogP contribution in [0.1, 0.15) is 41.0 Å². The molecule has 1 aliphatic rings. The second-order valence-corrected chi connectivity index (χ2v) is 12.2. The van der Waals surface area contributed by atoms with Crippen molar-refractivity contribution in [2.45, 2.75) is 37.6 Å². The van der Waals surface area contributed by atoms with E-state index in [4.69, 9.17) is 0 Å². The highest BCUT2D eigenvalue weighted by Crippen LogP contribution is 2.38. The molecule has 0 fully saturated rings. The highest BCUT2D eigenvalue weighted by Gasteiger charge is 2.35. The minimum absolute atomic E-state index is 0.171. The summed E-state index contributed by atoms with van der Waals surface area (Å²) >= 11 is 1.72. The fraction of sp³-hybridized carbons (Fsp3) is 0.276. The molecule has 0 N–H and O–H groups in total. The molecule has 7 heteroatoms. The Kier molecular flexibility index (Phi) is 6.97. The number of fused-ring (bicyclic) bond motifs is 2. The van der Waals surface area contributed by atoms with Crippen molar-refractivity contribution in [3.8, 4) is 0 Å². The number of carbonyl (C=O) groups excluding carboxylic acids is 1. The molecule has 0 saturated heterocycles. The number of carbonyl (C=O) groups is 1. The molecule has 0 spiro atoms. The number of nitrogens with zero attached hydrogens (tertiary/aromatic N) is 2. The number of hydrogen-bond acceptors (Lipinski definition) is 4. The van der Waals surface area contributed by atoms with Crippen molar-refractivity contribution in [2.24, 2.45) is 0 Å². The summed E-state index contributed by atoms with van der Waals surface area (Å²) in [5.41, 5.74) is 3.35. The molecule has 1 amide bonds. The van der Waals surface area contributed by atoms with Crippen LogP contribution in [0.4, 0.5) is 0 Å². The zero-order valence-electron chi connectivity index (χ0n) is 20.6. The Morgan fingerprint density at radius 1 is 1.03 bits per heavy atom. The predicted octanol–water partition coefficient (Wildman–Crippen LogP) is 5.78. The number of hydrogen-bond donors (Lipinski definition) is 0. The number of amides is 1. The van der Waals surface area contributed by atoms with Gasteiger partial charge in [-0.3, -0.25) is 4.79 Å². The van der Waals surface area contributed by atoms with Crippen molar-refractivity contribution >= 4 is 38.0 Å². The number of aryl methyl sites for hydroxylation is 1. The molecule has 0 saturated carbocycles. The van der Waals surface area contributed by atoms with Gasteiger partial charge in [-0.2, -0.15) is 4.31 Å². The van der Waals surface area contributed by atoms with Crippen molar-refractivity contribution in [1.29, 1.82) is 0 Å². The molecule has 186 valence electrons. The van der Waals surface area contributed by atoms with Crippen molar-refractivity contribution in [3.05, 3.63) is 99.7 Å². The molecule has 5 nitrogen and oxygen atoms in total. The van der Waals surface area contributed by atoms with Gasteiger partial charge in [-0.25, -0.2) is 8.42 Å². The first-order valence-corrected chi connectivity index (χ1v) is 14.6. The van der Waals surface area contributed by atoms with E-state index in [1.54, 1.807) is 23.5 Å². The first-order chi connectivity index (χ1) is 17.4. The summed E-state index contributed by atoms with van der Waals surface area (Å²) in [7, 11) is -3.84. The average molecular weight is 519 g/mol. The van der Waals surface area contributed by atoms with Gasteiger partial charge in [-0.15, -0.1) is 11.3 Å². The fourth-order valence-corrected chi connectivity index (χ4v) is 7.37. The Labute approximate surface area is 217 Å². The number of sulfonamides is 1. The maximum absolute atomic E-state index is 13.8. The maximum Gasteiger partial charge on any atom is 0.243 e. The Bertz CT molecular complexity index is 1490. The van der Waals surface area contributed by atoms with E-state index >= 15 is 0 Å². The second kappa shape index (κ2) is 10.2. The molecule has 1 aliphatic heterocycles. The first kappa shape index (κ1) is 24.7. The molecular weight excluding hydrogens is 488 g/mol. The van der Waals surface area contributed by atoms with Crippen LogP contribution in [-0.2, 0) is 21.2 Å². The molecule has 5 rings (SSSR count). The van der Waals surface area contributed by atoms with Crippen LogP contribution in [0.2, 0.25) is 0 Å². The van der Waals surface area contributed by atoms with E-state index in [0.29, 0.717) is 13.0 Å². The highest BCUT2D eigenvalue weighted by atomic mass is 32.2. The van der Waals surface area contributed by atoms with E-state index in [-0.39, 0.29) is 29.9 Å². The third-order valence-corrected chi connectivity index (χ3v) is 9.66. The molecule has 0 aliphatic carbocycles. The second-order valence-electron chi connectivity index (χ2n) is 9.30. The Morgan fingerprint density at radius 3 is 2.53 bits per heavy atom. The smallest absolute Gasteiger partial charge is 0.243 e. The summed E-state index contributed by atoms with van der Waals surface area (Å²) in [5.74, 6) is -0.171. The van der Waals surface area contributed by atoms with Gasteiger partial charge in [0.2, 0.25) is 15.9 Å². The van der Waals surface area contributed by atoms with E-state index in [1.165, 1.54) is 9.18 Å². The first-order valence-electron chi connectivity index (χ1n) is 12.3. The van der Waals surface area contributed by atoms with Gasteiger partial charge in [0.1, 0.15) is 0 Å². The lowest BCUT2D eigenvalue weighted by atomic mass is 9.92. The molecule has 1 aromatic heterocycles. The number of rotatable bonds is 7. The predicted molar refractivity (Wildman–Crippen MR) is 146 cm³/mol. The van der Waals surface area contributed by atoms with Gasteiger partial charge in [0.05, 0.1) is 17.5 Å². The lowest BCUT2D eigenvalue weighted by molar-refractivity contribution is -0.133. The van der Waals surface area contributed by atoms with Crippen LogP contribution in [0.3, 0.4) is 0 Å². The zero-order valence-corrected chi connectivity index (χ0v) is 22.2. The molecule has 0 bridgehead atoms. The quantitative estimate of drug-likeness (QED) is 0.311. The zero-order chi connectivity index (χ0) is 25.3. The Balaban J connectivity index is 1.46. The van der Waals surface area contributed by atoms with Crippen molar-refractivity contribution in [2.75, 3.05) is 19.6 Å². The van der Waals surface area contributed by atoms with Crippen LogP contribution in [0.25, 0.3) is 10.8 Å². The third-order valence-electron chi connectivity index (χ3n) is 6.82. The van der Waals surface area contributed by atoms with Crippen molar-refractivity contribution < 1.29 is 13.2 Å². The van der Waals surface area contributed by atoms with Crippen molar-refractivity contribution in [1.82, 2.24) is 9.21 Å². The molecular formula is C29H30N2O3S2. The van der Waals surface area contributed by atoms with Crippen LogP contribution >= 0.6 is 11.3 Å². The van der Waals surface area contributed by atoms with Crippen LogP contribution in [0.15, 0.2) is 83.1 Å². The Morgan fingerprint density at radius 2 is 1.78 bits per heavy atom. The molecule has 0 radical (unpaired) electrons. The largest absolute Gasteiger partial charge is 0.330 e. The third kappa shape index (κ3) is 4.71. The van der Waals surface area contributed by atoms with Gasteiger partial charge in [0, 0.05) is 18.0 Å². The topological polar surface area (TPSA) is 57.7 Å². The minimum Gasteiger partial charge on any atom is -0.330 e. The van der Waals surface area contributed by atoms with E-state index in [2.05, 4.69) is 35.7 Å². The van der Waals surface area contributed by atoms with Gasteiger partial charge in [-0.05, 0) is 65.2 Å². The normalized spacial score (nSPS) is 15.9. The fourth-order valence-electron chi connectivity index (χ4n) is 4.95. The summed E-state index contributed by atoms with van der Waals surface area (Å²) in [6.07, 6.45) is 1.41. The van der Waals surface area contributed by atoms with Gasteiger partial charge < -0.3 is 4.90 Å². The Hall–Kier alpha value is -3.00. The van der Waals surface area contributed by atoms with Crippen LogP contribution in [0.5, 0.6) is 0 Å². The summed E-state index contributed by atoms with van der Waals surface area (Å²) in [5, 5.41) is 3.92. The van der Waals surface area contributed by atoms with Gasteiger partial charge >= 0.3 is 0 Å². The molecule has 1 atom stereocenters. The SMILES string of the molecule is CCCN(CC(=O)N1CCc2sccc2C1c1ccc(C)cc1)S(=O)(=O)c1ccc2ccccc2c1. The van der Waals surface area contributed by atoms with Gasteiger partial charge in [0.25, 0.3) is 0 Å². The molecule has 36 heavy (non-hydrogen) atoms. The lowest BCUT2D eigenvalue weighted by Crippen LogP contribution is -2.46. The van der Waals surface area contributed by atoms with Crippen LogP contribution in [0, 0.1) is 6.92 Å². The van der Waals surface area contributed by atoms with Crippen LogP contribution in [-0.4, -0.2) is 43.2 Å². The van der Waals surface area contributed by atoms with E-state index < -0.39 is 10.0 Å². The maximum atomic E-state index is 13.8. The summed E-state index contributed by atoms with van der Waals surface area (Å²) in [6.45, 7) is 4.66. The average Bonchev–Trinajstić information content (AvgIpc) is 3.37. The van der Waals surface area contributed by atoms with E-state index in [1.807, 2.05) is 49.1 Å². The highest BCUT2D eigenvalue weighted by molar-refractivity contribution is 7.89. The van der Waals surface area contributed by atoms with Crippen LogP contribution < -0.4 is 0 Å². The minimum atomic E-state index is -3.84. The summed E-state index contributed by atoms with van der Waals surface area (Å²) in [6, 6.07) is 23.0. The van der Waals surface area contributed by atoms with E-state index in [9.17, 15) is 13.2 Å².